The number of aromatic nitrogens is 5. The lowest BCUT2D eigenvalue weighted by Gasteiger charge is -2.36. The van der Waals surface area contributed by atoms with E-state index in [1.165, 1.54) is 12.8 Å². The largest absolute Gasteiger partial charge is 0.342 e. The molecule has 0 saturated heterocycles. The molecule has 1 aliphatic carbocycles. The number of H-pyrrole nitrogens is 1. The SMILES string of the molecule is Cc1nc2ccc(C(=O)N3CCn4nc(C5CC5)nc4[C@@H]3CC(C)C)cc2[nH]1. The Morgan fingerprint density at radius 3 is 2.82 bits per heavy atom. The molecule has 3 aromatic rings. The van der Waals surface area contributed by atoms with Crippen LogP contribution in [0.3, 0.4) is 0 Å². The second-order valence-electron chi connectivity index (χ2n) is 8.52. The number of hydrogen-bond acceptors (Lipinski definition) is 4. The molecule has 146 valence electrons. The van der Waals surface area contributed by atoms with E-state index >= 15 is 0 Å². The second kappa shape index (κ2) is 6.43. The van der Waals surface area contributed by atoms with E-state index in [-0.39, 0.29) is 11.9 Å². The van der Waals surface area contributed by atoms with E-state index < -0.39 is 0 Å². The number of nitrogens with zero attached hydrogens (tertiary/aromatic N) is 5. The summed E-state index contributed by atoms with van der Waals surface area (Å²) < 4.78 is 2.03. The number of aromatic amines is 1. The lowest BCUT2D eigenvalue weighted by Crippen LogP contribution is -2.43. The Labute approximate surface area is 164 Å². The van der Waals surface area contributed by atoms with Gasteiger partial charge in [0.1, 0.15) is 11.6 Å². The van der Waals surface area contributed by atoms with Crippen LogP contribution in [0.15, 0.2) is 18.2 Å². The van der Waals surface area contributed by atoms with Crippen molar-refractivity contribution in [1.29, 1.82) is 0 Å². The highest BCUT2D eigenvalue weighted by Gasteiger charge is 2.37. The molecule has 0 unspecified atom stereocenters. The molecule has 1 fully saturated rings. The number of fused-ring (bicyclic) bond motifs is 2. The third-order valence-corrected chi connectivity index (χ3v) is 5.69. The molecule has 2 aliphatic rings. The van der Waals surface area contributed by atoms with Crippen molar-refractivity contribution in [2.75, 3.05) is 6.54 Å². The number of aryl methyl sites for hydroxylation is 1. The number of amides is 1. The number of imidazole rings is 1. The van der Waals surface area contributed by atoms with E-state index in [1.54, 1.807) is 0 Å². The molecule has 1 atom stereocenters. The van der Waals surface area contributed by atoms with Gasteiger partial charge >= 0.3 is 0 Å². The first-order valence-electron chi connectivity index (χ1n) is 10.2. The van der Waals surface area contributed by atoms with Gasteiger partial charge in [0.2, 0.25) is 0 Å². The zero-order valence-electron chi connectivity index (χ0n) is 16.6. The summed E-state index contributed by atoms with van der Waals surface area (Å²) in [5.74, 6) is 3.82. The predicted molar refractivity (Wildman–Crippen MR) is 106 cm³/mol. The van der Waals surface area contributed by atoms with Crippen molar-refractivity contribution in [3.8, 4) is 0 Å². The maximum Gasteiger partial charge on any atom is 0.254 e. The van der Waals surface area contributed by atoms with E-state index in [0.29, 0.717) is 30.5 Å². The molecular formula is C21H26N6O. The van der Waals surface area contributed by atoms with Gasteiger partial charge in [-0.05, 0) is 50.3 Å². The molecule has 7 heteroatoms. The zero-order valence-corrected chi connectivity index (χ0v) is 16.6. The van der Waals surface area contributed by atoms with E-state index in [4.69, 9.17) is 10.1 Å². The van der Waals surface area contributed by atoms with Crippen LogP contribution in [-0.4, -0.2) is 42.1 Å². The number of nitrogens with one attached hydrogen (secondary N) is 1. The molecule has 0 bridgehead atoms. The highest BCUT2D eigenvalue weighted by molar-refractivity contribution is 5.97. The number of hydrogen-bond donors (Lipinski definition) is 1. The summed E-state index contributed by atoms with van der Waals surface area (Å²) in [5.41, 5.74) is 2.49. The summed E-state index contributed by atoms with van der Waals surface area (Å²) >= 11 is 0. The molecule has 0 spiro atoms. The third kappa shape index (κ3) is 2.99. The summed E-state index contributed by atoms with van der Waals surface area (Å²) in [7, 11) is 0. The Hall–Kier alpha value is -2.70. The predicted octanol–water partition coefficient (Wildman–Crippen LogP) is 3.58. The Morgan fingerprint density at radius 1 is 1.25 bits per heavy atom. The molecular weight excluding hydrogens is 352 g/mol. The lowest BCUT2D eigenvalue weighted by molar-refractivity contribution is 0.0578. The van der Waals surface area contributed by atoms with Gasteiger partial charge in [0.05, 0.1) is 23.6 Å². The minimum atomic E-state index is -0.0274. The molecule has 28 heavy (non-hydrogen) atoms. The van der Waals surface area contributed by atoms with E-state index in [2.05, 4.69) is 23.8 Å². The van der Waals surface area contributed by atoms with E-state index in [1.807, 2.05) is 34.7 Å². The first kappa shape index (κ1) is 17.4. The number of benzene rings is 1. The van der Waals surface area contributed by atoms with Crippen molar-refractivity contribution in [1.82, 2.24) is 29.6 Å². The average molecular weight is 378 g/mol. The van der Waals surface area contributed by atoms with Crippen LogP contribution >= 0.6 is 0 Å². The van der Waals surface area contributed by atoms with Gasteiger partial charge < -0.3 is 9.88 Å². The maximum absolute atomic E-state index is 13.4. The van der Waals surface area contributed by atoms with Crippen LogP contribution in [-0.2, 0) is 6.54 Å². The van der Waals surface area contributed by atoms with Gasteiger partial charge in [-0.1, -0.05) is 13.8 Å². The van der Waals surface area contributed by atoms with Crippen LogP contribution in [0.25, 0.3) is 11.0 Å². The van der Waals surface area contributed by atoms with Gasteiger partial charge in [-0.2, -0.15) is 5.10 Å². The van der Waals surface area contributed by atoms with Crippen molar-refractivity contribution in [2.24, 2.45) is 5.92 Å². The number of rotatable bonds is 4. The van der Waals surface area contributed by atoms with Gasteiger partial charge in [0.25, 0.3) is 5.91 Å². The molecule has 1 amide bonds. The number of carbonyl (C=O) groups is 1. The van der Waals surface area contributed by atoms with Gasteiger partial charge in [0.15, 0.2) is 5.82 Å². The third-order valence-electron chi connectivity index (χ3n) is 5.69. The van der Waals surface area contributed by atoms with Crippen molar-refractivity contribution in [3.63, 3.8) is 0 Å². The van der Waals surface area contributed by atoms with Crippen LogP contribution in [0.1, 0.15) is 72.9 Å². The van der Waals surface area contributed by atoms with Gasteiger partial charge in [0, 0.05) is 18.0 Å². The van der Waals surface area contributed by atoms with Crippen molar-refractivity contribution in [2.45, 2.75) is 58.5 Å². The molecule has 5 rings (SSSR count). The molecule has 7 nitrogen and oxygen atoms in total. The molecule has 1 N–H and O–H groups in total. The quantitative estimate of drug-likeness (QED) is 0.752. The van der Waals surface area contributed by atoms with Crippen LogP contribution in [0, 0.1) is 12.8 Å². The van der Waals surface area contributed by atoms with Crippen LogP contribution < -0.4 is 0 Å². The van der Waals surface area contributed by atoms with E-state index in [9.17, 15) is 4.79 Å². The first-order chi connectivity index (χ1) is 13.5. The Kier molecular flexibility index (Phi) is 4.00. The Balaban J connectivity index is 1.49. The highest BCUT2D eigenvalue weighted by Crippen LogP contribution is 2.40. The fourth-order valence-corrected chi connectivity index (χ4v) is 4.15. The van der Waals surface area contributed by atoms with Gasteiger partial charge in [-0.25, -0.2) is 14.6 Å². The fourth-order valence-electron chi connectivity index (χ4n) is 4.15. The van der Waals surface area contributed by atoms with E-state index in [0.717, 1.165) is 34.9 Å². The fraction of sp³-hybridized carbons (Fsp3) is 0.524. The van der Waals surface area contributed by atoms with Crippen molar-refractivity contribution in [3.05, 3.63) is 41.2 Å². The van der Waals surface area contributed by atoms with Gasteiger partial charge in [-0.15, -0.1) is 0 Å². The summed E-state index contributed by atoms with van der Waals surface area (Å²) in [6.45, 7) is 7.69. The molecule has 1 aliphatic heterocycles. The molecule has 0 radical (unpaired) electrons. The minimum Gasteiger partial charge on any atom is -0.342 e. The van der Waals surface area contributed by atoms with Crippen LogP contribution in [0.4, 0.5) is 0 Å². The maximum atomic E-state index is 13.4. The molecule has 3 heterocycles. The van der Waals surface area contributed by atoms with Crippen molar-refractivity contribution >= 4 is 16.9 Å². The summed E-state index contributed by atoms with van der Waals surface area (Å²) in [6, 6.07) is 5.69. The summed E-state index contributed by atoms with van der Waals surface area (Å²) in [5, 5.41) is 4.73. The normalized spacial score (nSPS) is 19.4. The Bertz CT molecular complexity index is 1040. The van der Waals surface area contributed by atoms with Gasteiger partial charge in [-0.3, -0.25) is 4.79 Å². The summed E-state index contributed by atoms with van der Waals surface area (Å²) in [6.07, 6.45) is 3.26. The smallest absolute Gasteiger partial charge is 0.254 e. The molecule has 2 aromatic heterocycles. The average Bonchev–Trinajstić information content (AvgIpc) is 3.30. The second-order valence-corrected chi connectivity index (χ2v) is 8.52. The molecule has 1 aromatic carbocycles. The van der Waals surface area contributed by atoms with Crippen LogP contribution in [0.2, 0.25) is 0 Å². The monoisotopic (exact) mass is 378 g/mol. The lowest BCUT2D eigenvalue weighted by atomic mass is 9.99. The van der Waals surface area contributed by atoms with Crippen LogP contribution in [0.5, 0.6) is 0 Å². The highest BCUT2D eigenvalue weighted by atomic mass is 16.2. The number of carbonyl (C=O) groups excluding carboxylic acids is 1. The summed E-state index contributed by atoms with van der Waals surface area (Å²) in [4.78, 5) is 28.0. The minimum absolute atomic E-state index is 0.0274. The zero-order chi connectivity index (χ0) is 19.4. The topological polar surface area (TPSA) is 79.7 Å². The standard InChI is InChI=1S/C21H26N6O/c1-12(2)10-18-20-24-19(14-4-5-14)25-27(20)9-8-26(18)21(28)15-6-7-16-17(11-15)23-13(3)22-16/h6-7,11-12,14,18H,4-5,8-10H2,1-3H3,(H,22,23)/t18-/m0/s1. The Morgan fingerprint density at radius 2 is 2.07 bits per heavy atom. The van der Waals surface area contributed by atoms with Crippen molar-refractivity contribution < 1.29 is 4.79 Å². The first-order valence-corrected chi connectivity index (χ1v) is 10.2. The molecule has 1 saturated carbocycles.